The molecule has 3 heteroatoms. The fraction of sp³-hybridized carbons (Fsp3) is 0.429. The molecule has 1 aromatic heterocycles. The maximum atomic E-state index is 10.0. The van der Waals surface area contributed by atoms with E-state index in [1.165, 1.54) is 5.56 Å². The zero-order valence-corrected chi connectivity index (χ0v) is 10.2. The fourth-order valence-corrected chi connectivity index (χ4v) is 2.44. The van der Waals surface area contributed by atoms with Crippen LogP contribution in [0, 0.1) is 6.92 Å². The van der Waals surface area contributed by atoms with Crippen molar-refractivity contribution < 1.29 is 9.84 Å². The lowest BCUT2D eigenvalue weighted by molar-refractivity contribution is 0.150. The Bertz CT molecular complexity index is 567. The summed E-state index contributed by atoms with van der Waals surface area (Å²) < 4.78 is 5.54. The highest BCUT2D eigenvalue weighted by Crippen LogP contribution is 2.42. The van der Waals surface area contributed by atoms with Crippen LogP contribution in [-0.2, 0) is 6.42 Å². The second-order valence-electron chi connectivity index (χ2n) is 5.05. The summed E-state index contributed by atoms with van der Waals surface area (Å²) in [6.45, 7) is 2.07. The molecule has 0 aliphatic heterocycles. The average molecular weight is 231 g/mol. The second kappa shape index (κ2) is 3.50. The van der Waals surface area contributed by atoms with Crippen LogP contribution >= 0.6 is 0 Å². The third-order valence-corrected chi connectivity index (χ3v) is 3.63. The SMILES string of the molecule is COc1c(CC2(O)CC2)ccc2[nH]cc(C)c12. The number of H-pyrrole nitrogens is 1. The van der Waals surface area contributed by atoms with E-state index < -0.39 is 5.60 Å². The molecule has 90 valence electrons. The van der Waals surface area contributed by atoms with Gasteiger partial charge in [0.1, 0.15) is 5.75 Å². The van der Waals surface area contributed by atoms with Gasteiger partial charge in [0.2, 0.25) is 0 Å². The van der Waals surface area contributed by atoms with Gasteiger partial charge in [-0.25, -0.2) is 0 Å². The molecule has 0 bridgehead atoms. The van der Waals surface area contributed by atoms with Crippen molar-refractivity contribution in [2.24, 2.45) is 0 Å². The molecule has 0 amide bonds. The zero-order chi connectivity index (χ0) is 12.0. The van der Waals surface area contributed by atoms with E-state index in [1.54, 1.807) is 7.11 Å². The fourth-order valence-electron chi connectivity index (χ4n) is 2.44. The van der Waals surface area contributed by atoms with E-state index in [0.29, 0.717) is 6.42 Å². The molecular weight excluding hydrogens is 214 g/mol. The van der Waals surface area contributed by atoms with Crippen molar-refractivity contribution in [1.82, 2.24) is 4.98 Å². The molecular formula is C14H17NO2. The normalized spacial score (nSPS) is 17.4. The van der Waals surface area contributed by atoms with E-state index in [9.17, 15) is 5.11 Å². The average Bonchev–Trinajstić information content (AvgIpc) is 2.92. The van der Waals surface area contributed by atoms with Crippen molar-refractivity contribution in [3.8, 4) is 5.75 Å². The molecule has 0 radical (unpaired) electrons. The molecule has 3 rings (SSSR count). The summed E-state index contributed by atoms with van der Waals surface area (Å²) in [5.74, 6) is 0.904. The Morgan fingerprint density at radius 1 is 1.41 bits per heavy atom. The standard InChI is InChI=1S/C14H17NO2/c1-9-8-15-11-4-3-10(7-14(16)5-6-14)13(17-2)12(9)11/h3-4,8,15-16H,5-7H2,1-2H3. The summed E-state index contributed by atoms with van der Waals surface area (Å²) in [4.78, 5) is 3.23. The molecule has 1 aromatic carbocycles. The molecule has 1 heterocycles. The van der Waals surface area contributed by atoms with Gasteiger partial charge in [-0.1, -0.05) is 6.07 Å². The Labute approximate surface area is 100 Å². The van der Waals surface area contributed by atoms with Gasteiger partial charge in [-0.05, 0) is 37.0 Å². The van der Waals surface area contributed by atoms with Gasteiger partial charge in [0, 0.05) is 23.5 Å². The van der Waals surface area contributed by atoms with E-state index in [0.717, 1.165) is 35.1 Å². The number of fused-ring (bicyclic) bond motifs is 1. The van der Waals surface area contributed by atoms with Gasteiger partial charge >= 0.3 is 0 Å². The van der Waals surface area contributed by atoms with E-state index in [2.05, 4.69) is 18.0 Å². The Morgan fingerprint density at radius 2 is 2.18 bits per heavy atom. The monoisotopic (exact) mass is 231 g/mol. The molecule has 1 aliphatic rings. The third kappa shape index (κ3) is 1.71. The zero-order valence-electron chi connectivity index (χ0n) is 10.2. The van der Waals surface area contributed by atoms with Crippen LogP contribution in [0.1, 0.15) is 24.0 Å². The minimum Gasteiger partial charge on any atom is -0.496 e. The number of methoxy groups -OCH3 is 1. The second-order valence-corrected chi connectivity index (χ2v) is 5.05. The molecule has 0 saturated heterocycles. The van der Waals surface area contributed by atoms with Gasteiger partial charge in [-0.2, -0.15) is 0 Å². The summed E-state index contributed by atoms with van der Waals surface area (Å²) in [6.07, 6.45) is 4.49. The Hall–Kier alpha value is -1.48. The molecule has 2 aromatic rings. The minimum absolute atomic E-state index is 0.481. The molecule has 2 N–H and O–H groups in total. The summed E-state index contributed by atoms with van der Waals surface area (Å²) >= 11 is 0. The molecule has 1 fully saturated rings. The number of ether oxygens (including phenoxy) is 1. The van der Waals surface area contributed by atoms with Crippen LogP contribution in [0.25, 0.3) is 10.9 Å². The largest absolute Gasteiger partial charge is 0.496 e. The smallest absolute Gasteiger partial charge is 0.131 e. The van der Waals surface area contributed by atoms with E-state index >= 15 is 0 Å². The van der Waals surface area contributed by atoms with Gasteiger partial charge < -0.3 is 14.8 Å². The van der Waals surface area contributed by atoms with Crippen LogP contribution in [0.3, 0.4) is 0 Å². The third-order valence-electron chi connectivity index (χ3n) is 3.63. The molecule has 17 heavy (non-hydrogen) atoms. The maximum absolute atomic E-state index is 10.0. The van der Waals surface area contributed by atoms with Gasteiger partial charge in [-0.15, -0.1) is 0 Å². The van der Waals surface area contributed by atoms with Crippen LogP contribution in [0.2, 0.25) is 0 Å². The van der Waals surface area contributed by atoms with Crippen LogP contribution in [-0.4, -0.2) is 22.8 Å². The number of aromatic amines is 1. The summed E-state index contributed by atoms with van der Waals surface area (Å²) in [5, 5.41) is 11.2. The highest BCUT2D eigenvalue weighted by atomic mass is 16.5. The minimum atomic E-state index is -0.481. The number of hydrogen-bond donors (Lipinski definition) is 2. The number of aryl methyl sites for hydroxylation is 1. The van der Waals surface area contributed by atoms with Gasteiger partial charge in [0.25, 0.3) is 0 Å². The molecule has 0 unspecified atom stereocenters. The Kier molecular flexibility index (Phi) is 2.20. The van der Waals surface area contributed by atoms with Crippen LogP contribution in [0.15, 0.2) is 18.3 Å². The molecule has 1 aliphatic carbocycles. The van der Waals surface area contributed by atoms with Crippen molar-refractivity contribution in [2.45, 2.75) is 31.8 Å². The number of aliphatic hydroxyl groups is 1. The van der Waals surface area contributed by atoms with Crippen LogP contribution in [0.4, 0.5) is 0 Å². The predicted octanol–water partition coefficient (Wildman–Crippen LogP) is 2.55. The van der Waals surface area contributed by atoms with Gasteiger partial charge in [-0.3, -0.25) is 0 Å². The number of aromatic nitrogens is 1. The highest BCUT2D eigenvalue weighted by molar-refractivity contribution is 5.90. The summed E-state index contributed by atoms with van der Waals surface area (Å²) in [5.41, 5.74) is 2.89. The molecule has 0 spiro atoms. The van der Waals surface area contributed by atoms with Crippen LogP contribution < -0.4 is 4.74 Å². The lowest BCUT2D eigenvalue weighted by atomic mass is 10.0. The first-order valence-corrected chi connectivity index (χ1v) is 5.99. The first kappa shape index (κ1) is 10.7. The van der Waals surface area contributed by atoms with Crippen molar-refractivity contribution in [1.29, 1.82) is 0 Å². The van der Waals surface area contributed by atoms with Gasteiger partial charge in [0.15, 0.2) is 0 Å². The van der Waals surface area contributed by atoms with Crippen molar-refractivity contribution in [2.75, 3.05) is 7.11 Å². The van der Waals surface area contributed by atoms with E-state index in [-0.39, 0.29) is 0 Å². The number of nitrogens with one attached hydrogen (secondary N) is 1. The molecule has 3 nitrogen and oxygen atoms in total. The quantitative estimate of drug-likeness (QED) is 0.852. The number of hydrogen-bond acceptors (Lipinski definition) is 2. The number of rotatable bonds is 3. The first-order chi connectivity index (χ1) is 8.13. The van der Waals surface area contributed by atoms with Crippen LogP contribution in [0.5, 0.6) is 5.75 Å². The Balaban J connectivity index is 2.13. The van der Waals surface area contributed by atoms with Crippen molar-refractivity contribution >= 4 is 10.9 Å². The summed E-state index contributed by atoms with van der Waals surface area (Å²) in [7, 11) is 1.70. The Morgan fingerprint density at radius 3 is 2.82 bits per heavy atom. The van der Waals surface area contributed by atoms with Crippen molar-refractivity contribution in [3.05, 3.63) is 29.5 Å². The molecule has 0 atom stereocenters. The highest BCUT2D eigenvalue weighted by Gasteiger charge is 2.40. The topological polar surface area (TPSA) is 45.2 Å². The maximum Gasteiger partial charge on any atom is 0.131 e. The van der Waals surface area contributed by atoms with E-state index in [4.69, 9.17) is 4.74 Å². The van der Waals surface area contributed by atoms with E-state index in [1.807, 2.05) is 12.3 Å². The first-order valence-electron chi connectivity index (χ1n) is 5.99. The van der Waals surface area contributed by atoms with Crippen molar-refractivity contribution in [3.63, 3.8) is 0 Å². The number of benzene rings is 1. The van der Waals surface area contributed by atoms with Gasteiger partial charge in [0.05, 0.1) is 12.7 Å². The predicted molar refractivity (Wildman–Crippen MR) is 67.5 cm³/mol. The lowest BCUT2D eigenvalue weighted by Gasteiger charge is -2.13. The summed E-state index contributed by atoms with van der Waals surface area (Å²) in [6, 6.07) is 4.11. The lowest BCUT2D eigenvalue weighted by Crippen LogP contribution is -2.11. The molecule has 1 saturated carbocycles.